The summed E-state index contributed by atoms with van der Waals surface area (Å²) in [5, 5.41) is 11.6. The summed E-state index contributed by atoms with van der Waals surface area (Å²) in [5.41, 5.74) is 0.177. The summed E-state index contributed by atoms with van der Waals surface area (Å²) >= 11 is 0. The lowest BCUT2D eigenvalue weighted by atomic mass is 10.3. The molecule has 0 aromatic heterocycles. The van der Waals surface area contributed by atoms with E-state index in [1.807, 2.05) is 6.92 Å². The van der Waals surface area contributed by atoms with Gasteiger partial charge < -0.3 is 10.4 Å². The van der Waals surface area contributed by atoms with Gasteiger partial charge in [0.2, 0.25) is 10.0 Å². The molecule has 1 unspecified atom stereocenters. The fraction of sp³-hybridized carbons (Fsp3) is 0.500. The third kappa shape index (κ3) is 4.69. The zero-order valence-corrected chi connectivity index (χ0v) is 11.8. The van der Waals surface area contributed by atoms with Crippen molar-refractivity contribution in [2.24, 2.45) is 0 Å². The zero-order chi connectivity index (χ0) is 15.2. The van der Waals surface area contributed by atoms with Crippen LogP contribution in [0.3, 0.4) is 0 Å². The molecular formula is C12H18F2N2O3S. The van der Waals surface area contributed by atoms with Gasteiger partial charge >= 0.3 is 0 Å². The molecule has 0 aliphatic carbocycles. The van der Waals surface area contributed by atoms with Gasteiger partial charge in [0, 0.05) is 13.1 Å². The smallest absolute Gasteiger partial charge is 0.265 e. The summed E-state index contributed by atoms with van der Waals surface area (Å²) in [5.74, 6) is 0. The standard InChI is InChI=1S/C12H18F2N2O3S/c1-2-7-16-20(18,19)11-6-4-3-5-9(11)15-8-10(17)12(13)14/h3-6,10,12,15-17H,2,7-8H2,1H3. The Hall–Kier alpha value is -1.25. The summed E-state index contributed by atoms with van der Waals surface area (Å²) < 4.78 is 50.9. The molecule has 5 nitrogen and oxygen atoms in total. The van der Waals surface area contributed by atoms with Crippen LogP contribution in [-0.4, -0.2) is 39.1 Å². The number of hydrogen-bond donors (Lipinski definition) is 3. The van der Waals surface area contributed by atoms with Crippen LogP contribution in [0.4, 0.5) is 14.5 Å². The molecule has 0 heterocycles. The first kappa shape index (κ1) is 16.8. The number of benzene rings is 1. The Kier molecular flexibility index (Phi) is 6.31. The Balaban J connectivity index is 2.88. The van der Waals surface area contributed by atoms with Gasteiger partial charge in [0.05, 0.1) is 5.69 Å². The molecule has 0 spiro atoms. The van der Waals surface area contributed by atoms with Gasteiger partial charge in [-0.25, -0.2) is 21.9 Å². The molecule has 1 aromatic rings. The topological polar surface area (TPSA) is 78.4 Å². The summed E-state index contributed by atoms with van der Waals surface area (Å²) in [6.07, 6.45) is -4.10. The highest BCUT2D eigenvalue weighted by Crippen LogP contribution is 2.20. The van der Waals surface area contributed by atoms with Gasteiger partial charge in [-0.1, -0.05) is 19.1 Å². The number of aliphatic hydroxyl groups is 1. The van der Waals surface area contributed by atoms with E-state index < -0.39 is 29.1 Å². The lowest BCUT2D eigenvalue weighted by Crippen LogP contribution is -2.29. The molecule has 0 fully saturated rings. The summed E-state index contributed by atoms with van der Waals surface area (Å²) in [6, 6.07) is 5.94. The van der Waals surface area contributed by atoms with E-state index in [-0.39, 0.29) is 17.1 Å². The first-order chi connectivity index (χ1) is 9.38. The van der Waals surface area contributed by atoms with Crippen molar-refractivity contribution >= 4 is 15.7 Å². The van der Waals surface area contributed by atoms with Gasteiger partial charge in [-0.3, -0.25) is 0 Å². The first-order valence-electron chi connectivity index (χ1n) is 6.17. The van der Waals surface area contributed by atoms with Crippen molar-refractivity contribution in [2.75, 3.05) is 18.4 Å². The number of nitrogens with one attached hydrogen (secondary N) is 2. The second kappa shape index (κ2) is 7.51. The van der Waals surface area contributed by atoms with Gasteiger partial charge in [0.15, 0.2) is 0 Å². The van der Waals surface area contributed by atoms with E-state index in [9.17, 15) is 17.2 Å². The Morgan fingerprint density at radius 3 is 2.55 bits per heavy atom. The average molecular weight is 308 g/mol. The molecule has 3 N–H and O–H groups in total. The Morgan fingerprint density at radius 1 is 1.30 bits per heavy atom. The number of anilines is 1. The normalized spacial score (nSPS) is 13.4. The van der Waals surface area contributed by atoms with Crippen molar-refractivity contribution in [1.29, 1.82) is 0 Å². The monoisotopic (exact) mass is 308 g/mol. The molecule has 1 aromatic carbocycles. The molecule has 1 atom stereocenters. The largest absolute Gasteiger partial charge is 0.385 e. The molecule has 0 radical (unpaired) electrons. The highest BCUT2D eigenvalue weighted by Gasteiger charge is 2.20. The quantitative estimate of drug-likeness (QED) is 0.678. The predicted octanol–water partition coefficient (Wildman–Crippen LogP) is 1.41. The third-order valence-electron chi connectivity index (χ3n) is 2.51. The number of para-hydroxylation sites is 1. The molecule has 0 aliphatic rings. The van der Waals surface area contributed by atoms with Crippen molar-refractivity contribution < 1.29 is 22.3 Å². The minimum absolute atomic E-state index is 0.0325. The van der Waals surface area contributed by atoms with Crippen LogP contribution in [0.25, 0.3) is 0 Å². The molecule has 8 heteroatoms. The Bertz CT molecular complexity index is 523. The van der Waals surface area contributed by atoms with E-state index in [1.54, 1.807) is 6.07 Å². The number of hydrogen-bond acceptors (Lipinski definition) is 4. The molecule has 0 aliphatic heterocycles. The molecule has 0 bridgehead atoms. The second-order valence-corrected chi connectivity index (χ2v) is 5.91. The van der Waals surface area contributed by atoms with E-state index in [4.69, 9.17) is 5.11 Å². The molecule has 1 rings (SSSR count). The maximum atomic E-state index is 12.2. The van der Waals surface area contributed by atoms with Gasteiger partial charge in [0.25, 0.3) is 6.43 Å². The lowest BCUT2D eigenvalue weighted by Gasteiger charge is -2.15. The van der Waals surface area contributed by atoms with E-state index in [0.29, 0.717) is 6.42 Å². The maximum Gasteiger partial charge on any atom is 0.265 e. The van der Waals surface area contributed by atoms with Gasteiger partial charge in [-0.2, -0.15) is 0 Å². The van der Waals surface area contributed by atoms with E-state index in [1.165, 1.54) is 18.2 Å². The fourth-order valence-corrected chi connectivity index (χ4v) is 2.78. The minimum atomic E-state index is -3.70. The molecule has 0 amide bonds. The predicted molar refractivity (Wildman–Crippen MR) is 72.4 cm³/mol. The average Bonchev–Trinajstić information content (AvgIpc) is 2.42. The van der Waals surface area contributed by atoms with Crippen LogP contribution in [0.2, 0.25) is 0 Å². The highest BCUT2D eigenvalue weighted by atomic mass is 32.2. The van der Waals surface area contributed by atoms with E-state index in [2.05, 4.69) is 10.0 Å². The maximum absolute atomic E-state index is 12.2. The van der Waals surface area contributed by atoms with Gasteiger partial charge in [0.1, 0.15) is 11.0 Å². The SMILES string of the molecule is CCCNS(=O)(=O)c1ccccc1NCC(O)C(F)F. The molecular weight excluding hydrogens is 290 g/mol. The van der Waals surface area contributed by atoms with Crippen LogP contribution >= 0.6 is 0 Å². The van der Waals surface area contributed by atoms with Crippen LogP contribution < -0.4 is 10.0 Å². The highest BCUT2D eigenvalue weighted by molar-refractivity contribution is 7.89. The van der Waals surface area contributed by atoms with Crippen LogP contribution in [0.15, 0.2) is 29.2 Å². The third-order valence-corrected chi connectivity index (χ3v) is 4.03. The van der Waals surface area contributed by atoms with Crippen molar-refractivity contribution in [3.63, 3.8) is 0 Å². The summed E-state index contributed by atoms with van der Waals surface area (Å²) in [4.78, 5) is -0.0325. The lowest BCUT2D eigenvalue weighted by molar-refractivity contribution is 0.00382. The molecule has 20 heavy (non-hydrogen) atoms. The van der Waals surface area contributed by atoms with E-state index in [0.717, 1.165) is 0 Å². The van der Waals surface area contributed by atoms with Crippen LogP contribution in [-0.2, 0) is 10.0 Å². The van der Waals surface area contributed by atoms with Crippen LogP contribution in [0.1, 0.15) is 13.3 Å². The zero-order valence-electron chi connectivity index (χ0n) is 11.0. The van der Waals surface area contributed by atoms with Crippen molar-refractivity contribution in [2.45, 2.75) is 30.8 Å². The van der Waals surface area contributed by atoms with Gasteiger partial charge in [-0.05, 0) is 18.6 Å². The van der Waals surface area contributed by atoms with Crippen molar-refractivity contribution in [3.8, 4) is 0 Å². The minimum Gasteiger partial charge on any atom is -0.385 e. The molecule has 114 valence electrons. The number of aliphatic hydroxyl groups excluding tert-OH is 1. The Labute approximate surface area is 117 Å². The summed E-state index contributed by atoms with van der Waals surface area (Å²) in [7, 11) is -3.70. The van der Waals surface area contributed by atoms with E-state index >= 15 is 0 Å². The van der Waals surface area contributed by atoms with Gasteiger partial charge in [-0.15, -0.1) is 0 Å². The Morgan fingerprint density at radius 2 is 1.95 bits per heavy atom. The number of alkyl halides is 2. The number of halogens is 2. The van der Waals surface area contributed by atoms with Crippen LogP contribution in [0, 0.1) is 0 Å². The first-order valence-corrected chi connectivity index (χ1v) is 7.65. The van der Waals surface area contributed by atoms with Crippen molar-refractivity contribution in [3.05, 3.63) is 24.3 Å². The second-order valence-electron chi connectivity index (χ2n) is 4.18. The molecule has 0 saturated carbocycles. The van der Waals surface area contributed by atoms with Crippen molar-refractivity contribution in [1.82, 2.24) is 4.72 Å². The number of rotatable bonds is 8. The number of sulfonamides is 1. The summed E-state index contributed by atoms with van der Waals surface area (Å²) in [6.45, 7) is 1.68. The fourth-order valence-electron chi connectivity index (χ4n) is 1.46. The van der Waals surface area contributed by atoms with Crippen LogP contribution in [0.5, 0.6) is 0 Å². The molecule has 0 saturated heterocycles.